The molecule has 1 aliphatic heterocycles. The van der Waals surface area contributed by atoms with E-state index in [1.165, 1.54) is 5.56 Å². The minimum Gasteiger partial charge on any atom is -0.391 e. The Morgan fingerprint density at radius 3 is 2.50 bits per heavy atom. The molecule has 0 bridgehead atoms. The molecule has 1 N–H and O–H groups in total. The SMILES string of the molecule is C[C@@H](c1ccccc1)N1C[C@H]1[C@@H](O)[C]1[CH][CH][CH][CH]1. The van der Waals surface area contributed by atoms with Gasteiger partial charge in [0.1, 0.15) is 0 Å². The molecule has 3 rings (SSSR count). The molecule has 1 saturated heterocycles. The summed E-state index contributed by atoms with van der Waals surface area (Å²) in [6.45, 7) is 3.18. The summed E-state index contributed by atoms with van der Waals surface area (Å²) in [5.41, 5.74) is 1.31. The standard InChI is InChI=1S/C16H18NO/c1-12(13-7-3-2-4-8-13)17-11-15(17)16(18)14-9-5-6-10-14/h2-10,12,15-16,18H,11H2,1H3/t12-,15-,16-,17?/m0/s1. The summed E-state index contributed by atoms with van der Waals surface area (Å²) >= 11 is 0. The van der Waals surface area contributed by atoms with Crippen molar-refractivity contribution in [2.75, 3.05) is 6.54 Å². The number of nitrogens with zero attached hydrogens (tertiary/aromatic N) is 1. The van der Waals surface area contributed by atoms with E-state index in [1.807, 2.05) is 31.7 Å². The third kappa shape index (κ3) is 2.32. The highest BCUT2D eigenvalue weighted by Crippen LogP contribution is 2.39. The van der Waals surface area contributed by atoms with Gasteiger partial charge in [0.25, 0.3) is 0 Å². The van der Waals surface area contributed by atoms with Crippen LogP contribution in [0.5, 0.6) is 0 Å². The van der Waals surface area contributed by atoms with Crippen molar-refractivity contribution in [2.45, 2.75) is 25.1 Å². The minimum absolute atomic E-state index is 0.266. The van der Waals surface area contributed by atoms with Gasteiger partial charge in [-0.2, -0.15) is 0 Å². The number of aliphatic hydroxyl groups excluding tert-OH is 1. The lowest BCUT2D eigenvalue weighted by Crippen LogP contribution is -2.26. The van der Waals surface area contributed by atoms with E-state index in [0.29, 0.717) is 6.04 Å². The van der Waals surface area contributed by atoms with Gasteiger partial charge in [-0.05, 0) is 38.2 Å². The molecule has 2 heteroatoms. The quantitative estimate of drug-likeness (QED) is 0.815. The van der Waals surface area contributed by atoms with Crippen molar-refractivity contribution in [3.05, 3.63) is 67.5 Å². The lowest BCUT2D eigenvalue weighted by molar-refractivity contribution is 0.168. The summed E-state index contributed by atoms with van der Waals surface area (Å²) < 4.78 is 0. The van der Waals surface area contributed by atoms with Crippen LogP contribution in [0.25, 0.3) is 0 Å². The Morgan fingerprint density at radius 1 is 1.17 bits per heavy atom. The normalized spacial score (nSPS) is 31.2. The minimum atomic E-state index is -0.355. The molecule has 5 radical (unpaired) electrons. The van der Waals surface area contributed by atoms with Crippen molar-refractivity contribution >= 4 is 0 Å². The van der Waals surface area contributed by atoms with Crippen LogP contribution >= 0.6 is 0 Å². The Kier molecular flexibility index (Phi) is 3.40. The van der Waals surface area contributed by atoms with Gasteiger partial charge >= 0.3 is 0 Å². The maximum atomic E-state index is 10.3. The fraction of sp³-hybridized carbons (Fsp3) is 0.312. The summed E-state index contributed by atoms with van der Waals surface area (Å²) in [6, 6.07) is 11.1. The van der Waals surface area contributed by atoms with Gasteiger partial charge < -0.3 is 5.11 Å². The van der Waals surface area contributed by atoms with Crippen LogP contribution in [0.1, 0.15) is 18.5 Å². The average molecular weight is 240 g/mol. The molecule has 0 amide bonds. The van der Waals surface area contributed by atoms with Gasteiger partial charge in [0.05, 0.1) is 6.10 Å². The third-order valence-electron chi connectivity index (χ3n) is 3.86. The smallest absolute Gasteiger partial charge is 0.0776 e. The van der Waals surface area contributed by atoms with E-state index in [4.69, 9.17) is 0 Å². The summed E-state index contributed by atoms with van der Waals surface area (Å²) in [4.78, 5) is 2.34. The summed E-state index contributed by atoms with van der Waals surface area (Å²) in [7, 11) is 0. The van der Waals surface area contributed by atoms with Gasteiger partial charge in [-0.25, -0.2) is 0 Å². The van der Waals surface area contributed by atoms with Crippen LogP contribution in [0, 0.1) is 31.6 Å². The molecule has 18 heavy (non-hydrogen) atoms. The second-order valence-corrected chi connectivity index (χ2v) is 5.01. The van der Waals surface area contributed by atoms with E-state index in [2.05, 4.69) is 36.1 Å². The molecule has 2 fully saturated rings. The van der Waals surface area contributed by atoms with Crippen molar-refractivity contribution < 1.29 is 5.11 Å². The van der Waals surface area contributed by atoms with Crippen molar-refractivity contribution in [3.63, 3.8) is 0 Å². The monoisotopic (exact) mass is 240 g/mol. The third-order valence-corrected chi connectivity index (χ3v) is 3.86. The molecule has 1 aromatic carbocycles. The molecule has 2 nitrogen and oxygen atoms in total. The van der Waals surface area contributed by atoms with Gasteiger partial charge in [0.15, 0.2) is 0 Å². The molecular formula is C16H18NO. The van der Waals surface area contributed by atoms with Crippen LogP contribution in [-0.4, -0.2) is 28.7 Å². The van der Waals surface area contributed by atoms with Crippen molar-refractivity contribution in [1.29, 1.82) is 0 Å². The second kappa shape index (κ2) is 5.02. The molecule has 0 aromatic heterocycles. The number of benzene rings is 1. The van der Waals surface area contributed by atoms with Crippen LogP contribution in [0.3, 0.4) is 0 Å². The van der Waals surface area contributed by atoms with E-state index in [1.54, 1.807) is 0 Å². The lowest BCUT2D eigenvalue weighted by atomic mass is 9.98. The topological polar surface area (TPSA) is 23.2 Å². The number of hydrogen-bond donors (Lipinski definition) is 1. The van der Waals surface area contributed by atoms with Gasteiger partial charge in [-0.3, -0.25) is 4.90 Å². The summed E-state index contributed by atoms with van der Waals surface area (Å²) in [5.74, 6) is 1.03. The van der Waals surface area contributed by atoms with E-state index in [0.717, 1.165) is 12.5 Å². The van der Waals surface area contributed by atoms with Crippen LogP contribution in [0.4, 0.5) is 0 Å². The Bertz CT molecular complexity index is 385. The van der Waals surface area contributed by atoms with Crippen LogP contribution in [0.2, 0.25) is 0 Å². The van der Waals surface area contributed by atoms with Gasteiger partial charge in [0, 0.05) is 24.5 Å². The molecule has 2 aliphatic rings. The number of rotatable bonds is 4. The highest BCUT2D eigenvalue weighted by atomic mass is 16.3. The first-order valence-corrected chi connectivity index (χ1v) is 6.48. The Morgan fingerprint density at radius 2 is 1.83 bits per heavy atom. The van der Waals surface area contributed by atoms with E-state index < -0.39 is 0 Å². The zero-order valence-corrected chi connectivity index (χ0v) is 10.5. The molecule has 1 saturated carbocycles. The Hall–Kier alpha value is -0.860. The molecule has 1 heterocycles. The van der Waals surface area contributed by atoms with Gasteiger partial charge in [-0.1, -0.05) is 30.3 Å². The molecular weight excluding hydrogens is 222 g/mol. The molecule has 4 atom stereocenters. The Balaban J connectivity index is 1.60. The second-order valence-electron chi connectivity index (χ2n) is 5.01. The maximum absolute atomic E-state index is 10.3. The molecule has 1 aliphatic carbocycles. The zero-order chi connectivity index (χ0) is 12.5. The van der Waals surface area contributed by atoms with Crippen molar-refractivity contribution in [2.24, 2.45) is 0 Å². The molecule has 1 aromatic rings. The molecule has 1 unspecified atom stereocenters. The predicted octanol–water partition coefficient (Wildman–Crippen LogP) is 2.20. The van der Waals surface area contributed by atoms with Gasteiger partial charge in [-0.15, -0.1) is 0 Å². The number of hydrogen-bond acceptors (Lipinski definition) is 2. The zero-order valence-electron chi connectivity index (χ0n) is 10.5. The first-order valence-electron chi connectivity index (χ1n) is 6.48. The first-order chi connectivity index (χ1) is 8.77. The van der Waals surface area contributed by atoms with Crippen molar-refractivity contribution in [1.82, 2.24) is 4.90 Å². The van der Waals surface area contributed by atoms with E-state index in [-0.39, 0.29) is 12.1 Å². The average Bonchev–Trinajstić information content (AvgIpc) is 3.03. The maximum Gasteiger partial charge on any atom is 0.0776 e. The van der Waals surface area contributed by atoms with Crippen LogP contribution in [0.15, 0.2) is 30.3 Å². The van der Waals surface area contributed by atoms with E-state index >= 15 is 0 Å². The van der Waals surface area contributed by atoms with Crippen LogP contribution < -0.4 is 0 Å². The first kappa shape index (κ1) is 12.2. The van der Waals surface area contributed by atoms with E-state index in [9.17, 15) is 5.11 Å². The molecule has 93 valence electrons. The number of aliphatic hydroxyl groups is 1. The molecule has 0 spiro atoms. The fourth-order valence-electron chi connectivity index (χ4n) is 2.63. The largest absolute Gasteiger partial charge is 0.391 e. The highest BCUT2D eigenvalue weighted by molar-refractivity contribution is 5.39. The predicted molar refractivity (Wildman–Crippen MR) is 71.8 cm³/mol. The summed E-state index contributed by atoms with van der Waals surface area (Å²) in [6.07, 6.45) is 7.59. The summed E-state index contributed by atoms with van der Waals surface area (Å²) in [5, 5.41) is 10.3. The van der Waals surface area contributed by atoms with Gasteiger partial charge in [0.2, 0.25) is 0 Å². The fourth-order valence-corrected chi connectivity index (χ4v) is 2.63. The highest BCUT2D eigenvalue weighted by Gasteiger charge is 2.46. The van der Waals surface area contributed by atoms with Crippen molar-refractivity contribution in [3.8, 4) is 0 Å². The Labute approximate surface area is 110 Å². The lowest BCUT2D eigenvalue weighted by Gasteiger charge is -2.20. The van der Waals surface area contributed by atoms with Crippen LogP contribution in [-0.2, 0) is 0 Å².